The second-order valence-electron chi connectivity index (χ2n) is 19.0. The van der Waals surface area contributed by atoms with Gasteiger partial charge in [-0.3, -0.25) is 0 Å². The molecule has 9 nitrogen and oxygen atoms in total. The summed E-state index contributed by atoms with van der Waals surface area (Å²) in [5, 5.41) is 28.5. The predicted molar refractivity (Wildman–Crippen MR) is 282 cm³/mol. The van der Waals surface area contributed by atoms with E-state index in [1.165, 1.54) is 25.3 Å². The summed E-state index contributed by atoms with van der Waals surface area (Å²) < 4.78 is 199. The number of rotatable bonds is 21. The lowest BCUT2D eigenvalue weighted by atomic mass is 9.73. The first-order valence-electron chi connectivity index (χ1n) is 25.4. The molecule has 444 valence electrons. The number of ether oxygens (including phenoxy) is 6. The van der Waals surface area contributed by atoms with Crippen molar-refractivity contribution in [3.8, 4) is 34.5 Å². The van der Waals surface area contributed by atoms with Crippen LogP contribution in [0.4, 0.5) is 52.7 Å². The molecule has 3 atom stereocenters. The summed E-state index contributed by atoms with van der Waals surface area (Å²) in [4.78, 5) is 0. The maximum atomic E-state index is 14.0. The number of hydrogen-bond donors (Lipinski definition) is 3. The Morgan fingerprint density at radius 3 is 0.642 bits per heavy atom. The summed E-state index contributed by atoms with van der Waals surface area (Å²) in [5.41, 5.74) is -10.1. The Hall–Kier alpha value is -6.84. The number of benzene rings is 6. The van der Waals surface area contributed by atoms with E-state index in [4.69, 9.17) is 28.4 Å². The fourth-order valence-corrected chi connectivity index (χ4v) is 8.32. The Morgan fingerprint density at radius 2 is 0.481 bits per heavy atom. The van der Waals surface area contributed by atoms with Crippen molar-refractivity contribution in [3.05, 3.63) is 179 Å². The molecule has 6 rings (SSSR count). The zero-order chi connectivity index (χ0) is 60.6. The van der Waals surface area contributed by atoms with Crippen molar-refractivity contribution >= 4 is 0 Å². The van der Waals surface area contributed by atoms with Gasteiger partial charge in [0.15, 0.2) is 0 Å². The summed E-state index contributed by atoms with van der Waals surface area (Å²) in [7, 11) is 4.18. The second-order valence-corrected chi connectivity index (χ2v) is 19.0. The lowest BCUT2D eigenvalue weighted by Gasteiger charge is -2.38. The topological polar surface area (TPSA) is 116 Å². The fraction of sp³-hybridized carbons (Fsp3) is 0.400. The maximum Gasteiger partial charge on any atom is 0.411 e. The van der Waals surface area contributed by atoms with E-state index in [2.05, 4.69) is 38.1 Å². The highest BCUT2D eigenvalue weighted by molar-refractivity contribution is 5.49. The molecule has 81 heavy (non-hydrogen) atoms. The summed E-state index contributed by atoms with van der Waals surface area (Å²) in [5.74, 6) is 2.01. The Bertz CT molecular complexity index is 2620. The molecular formula is C60H66F12O9. The van der Waals surface area contributed by atoms with Crippen LogP contribution in [0.25, 0.3) is 0 Å². The average Bonchev–Trinajstić information content (AvgIpc) is 3.30. The molecule has 0 saturated heterocycles. The standard InChI is InChI=1S/2C20H20F6O3.C20H26O3/c2*1-3-15(27)12-29-17-10-6-14(7-11-17)18(19(21,22)23,20(24,25)26)13-4-8-16(28-2)9-5-13;1-5-17(21)14-23-19-12-8-16(9-13-19)20(2,3)15-6-10-18(22-4)11-7-15/h2*4-11,15,27H,3,12H2,1-2H3;6-13,17,21H,5,14H2,1-4H3. The first-order valence-corrected chi connectivity index (χ1v) is 25.4. The molecule has 6 aromatic carbocycles. The van der Waals surface area contributed by atoms with Gasteiger partial charge in [0.2, 0.25) is 10.8 Å². The normalized spacial score (nSPS) is 13.5. The summed E-state index contributed by atoms with van der Waals surface area (Å²) in [6.07, 6.45) is -23.2. The minimum Gasteiger partial charge on any atom is -0.497 e. The number of hydrogen-bond acceptors (Lipinski definition) is 9. The highest BCUT2D eigenvalue weighted by Crippen LogP contribution is 2.58. The zero-order valence-corrected chi connectivity index (χ0v) is 45.7. The van der Waals surface area contributed by atoms with Crippen LogP contribution in [-0.4, -0.2) is 99.5 Å². The third kappa shape index (κ3) is 16.0. The van der Waals surface area contributed by atoms with E-state index in [0.717, 1.165) is 109 Å². The third-order valence-corrected chi connectivity index (χ3v) is 13.5. The van der Waals surface area contributed by atoms with Crippen LogP contribution >= 0.6 is 0 Å². The number of halogens is 12. The van der Waals surface area contributed by atoms with Crippen molar-refractivity contribution in [3.63, 3.8) is 0 Å². The third-order valence-electron chi connectivity index (χ3n) is 13.5. The summed E-state index contributed by atoms with van der Waals surface area (Å²) in [6.45, 7) is 9.82. The van der Waals surface area contributed by atoms with Gasteiger partial charge < -0.3 is 43.7 Å². The van der Waals surface area contributed by atoms with Gasteiger partial charge in [0.25, 0.3) is 0 Å². The van der Waals surface area contributed by atoms with E-state index >= 15 is 0 Å². The van der Waals surface area contributed by atoms with Crippen LogP contribution in [0.5, 0.6) is 34.5 Å². The van der Waals surface area contributed by atoms with Crippen LogP contribution in [0, 0.1) is 0 Å². The maximum absolute atomic E-state index is 14.0. The molecule has 3 unspecified atom stereocenters. The van der Waals surface area contributed by atoms with Crippen molar-refractivity contribution in [1.29, 1.82) is 0 Å². The van der Waals surface area contributed by atoms with E-state index in [9.17, 15) is 68.0 Å². The molecule has 0 saturated carbocycles. The molecule has 0 aromatic heterocycles. The minimum atomic E-state index is -5.67. The smallest absolute Gasteiger partial charge is 0.411 e. The Kier molecular flexibility index (Phi) is 23.2. The zero-order valence-electron chi connectivity index (χ0n) is 45.7. The fourth-order valence-electron chi connectivity index (χ4n) is 8.32. The van der Waals surface area contributed by atoms with E-state index in [1.54, 1.807) is 21.0 Å². The number of aliphatic hydroxyl groups is 3. The molecule has 0 aliphatic carbocycles. The van der Waals surface area contributed by atoms with Crippen molar-refractivity contribution in [2.24, 2.45) is 0 Å². The molecule has 0 aliphatic heterocycles. The Labute approximate surface area is 463 Å². The molecule has 3 N–H and O–H groups in total. The lowest BCUT2D eigenvalue weighted by molar-refractivity contribution is -0.290. The monoisotopic (exact) mass is 1160 g/mol. The van der Waals surface area contributed by atoms with Crippen molar-refractivity contribution in [1.82, 2.24) is 0 Å². The van der Waals surface area contributed by atoms with Gasteiger partial charge in [-0.2, -0.15) is 52.7 Å². The van der Waals surface area contributed by atoms with Crippen LogP contribution in [0.2, 0.25) is 0 Å². The van der Waals surface area contributed by atoms with E-state index < -0.39 is 76.1 Å². The van der Waals surface area contributed by atoms with Crippen LogP contribution in [0.1, 0.15) is 87.3 Å². The van der Waals surface area contributed by atoms with Crippen LogP contribution < -0.4 is 28.4 Å². The minimum absolute atomic E-state index is 0.0502. The molecule has 0 amide bonds. The van der Waals surface area contributed by atoms with E-state index in [0.29, 0.717) is 25.9 Å². The lowest BCUT2D eigenvalue weighted by Crippen LogP contribution is -2.54. The molecule has 0 bridgehead atoms. The van der Waals surface area contributed by atoms with Crippen LogP contribution in [0.15, 0.2) is 146 Å². The van der Waals surface area contributed by atoms with Gasteiger partial charge >= 0.3 is 24.7 Å². The van der Waals surface area contributed by atoms with E-state index in [1.807, 2.05) is 31.2 Å². The van der Waals surface area contributed by atoms with Gasteiger partial charge in [0, 0.05) is 5.41 Å². The van der Waals surface area contributed by atoms with Gasteiger partial charge in [-0.1, -0.05) is 107 Å². The first kappa shape index (κ1) is 66.7. The molecule has 6 aromatic rings. The first-order chi connectivity index (χ1) is 37.9. The average molecular weight is 1160 g/mol. The number of alkyl halides is 12. The molecule has 0 aliphatic rings. The highest BCUT2D eigenvalue weighted by atomic mass is 19.4. The number of aliphatic hydroxyl groups excluding tert-OH is 3. The largest absolute Gasteiger partial charge is 0.497 e. The molecule has 0 radical (unpaired) electrons. The van der Waals surface area contributed by atoms with Crippen molar-refractivity contribution in [2.45, 2.75) is 113 Å². The summed E-state index contributed by atoms with van der Waals surface area (Å²) >= 11 is 0. The van der Waals surface area contributed by atoms with Crippen molar-refractivity contribution < 1.29 is 96.4 Å². The Morgan fingerprint density at radius 1 is 0.309 bits per heavy atom. The predicted octanol–water partition coefficient (Wildman–Crippen LogP) is 14.7. The van der Waals surface area contributed by atoms with Crippen LogP contribution in [-0.2, 0) is 16.2 Å². The molecule has 0 fully saturated rings. The van der Waals surface area contributed by atoms with Gasteiger partial charge in [-0.25, -0.2) is 0 Å². The van der Waals surface area contributed by atoms with Gasteiger partial charge in [-0.05, 0) is 125 Å². The SMILES string of the molecule is CCC(O)COc1ccc(C(C)(C)c2ccc(OC)cc2)cc1.CCC(O)COc1ccc(C(c2ccc(OC)cc2)(C(F)(F)F)C(F)(F)F)cc1.CCC(O)COc1ccc(C(c2ccc(OC)cc2)(C(F)(F)F)C(F)(F)F)cc1. The van der Waals surface area contributed by atoms with Gasteiger partial charge in [-0.15, -0.1) is 0 Å². The van der Waals surface area contributed by atoms with Gasteiger partial charge in [0.1, 0.15) is 54.3 Å². The molecule has 0 spiro atoms. The van der Waals surface area contributed by atoms with Gasteiger partial charge in [0.05, 0.1) is 39.6 Å². The van der Waals surface area contributed by atoms with Crippen molar-refractivity contribution in [2.75, 3.05) is 41.2 Å². The van der Waals surface area contributed by atoms with Crippen LogP contribution in [0.3, 0.4) is 0 Å². The van der Waals surface area contributed by atoms with E-state index in [-0.39, 0.29) is 41.6 Å². The number of methoxy groups -OCH3 is 3. The Balaban J connectivity index is 0.000000263. The molecule has 21 heteroatoms. The second kappa shape index (κ2) is 28.2. The highest BCUT2D eigenvalue weighted by Gasteiger charge is 2.73. The molecular weight excluding hydrogens is 1090 g/mol. The quantitative estimate of drug-likeness (QED) is 0.0606. The molecule has 0 heterocycles. The summed E-state index contributed by atoms with van der Waals surface area (Å²) in [6, 6.07) is 30.5.